The lowest BCUT2D eigenvalue weighted by Crippen LogP contribution is -2.07. The molecule has 1 aromatic heterocycles. The number of nitrogens with zero attached hydrogens (tertiary/aromatic N) is 1. The van der Waals surface area contributed by atoms with Crippen molar-refractivity contribution in [1.29, 1.82) is 0 Å². The zero-order chi connectivity index (χ0) is 13.8. The molecule has 4 nitrogen and oxygen atoms in total. The van der Waals surface area contributed by atoms with Gasteiger partial charge in [0.05, 0.1) is 12.1 Å². The van der Waals surface area contributed by atoms with E-state index in [1.807, 2.05) is 19.1 Å². The van der Waals surface area contributed by atoms with Crippen LogP contribution in [-0.4, -0.2) is 17.6 Å². The van der Waals surface area contributed by atoms with Crippen LogP contribution in [0, 0.1) is 13.8 Å². The Kier molecular flexibility index (Phi) is 4.16. The molecule has 0 amide bonds. The molecule has 0 saturated carbocycles. The number of carbonyl (C=O) groups is 1. The monoisotopic (exact) mass is 276 g/mol. The van der Waals surface area contributed by atoms with Crippen molar-refractivity contribution in [2.75, 3.05) is 11.9 Å². The Bertz CT molecular complexity index is 593. The summed E-state index contributed by atoms with van der Waals surface area (Å²) in [5.41, 5.74) is 5.32. The van der Waals surface area contributed by atoms with Crippen molar-refractivity contribution in [2.24, 2.45) is 0 Å². The number of aryl methyl sites for hydroxylation is 1. The Morgan fingerprint density at radius 1 is 1.42 bits per heavy atom. The third kappa shape index (κ3) is 2.93. The van der Waals surface area contributed by atoms with E-state index in [-0.39, 0.29) is 0 Å². The standard InChI is InChI=1S/C14H16N2O2S/c1-4-18-14(17)12-13(19-8-15-12)16-11-7-5-6-9(2)10(11)3/h5-8,16H,4H2,1-3H3. The first-order chi connectivity index (χ1) is 9.13. The van der Waals surface area contributed by atoms with E-state index in [2.05, 4.69) is 23.3 Å². The summed E-state index contributed by atoms with van der Waals surface area (Å²) >= 11 is 1.39. The van der Waals surface area contributed by atoms with Crippen LogP contribution in [0.3, 0.4) is 0 Å². The number of hydrogen-bond acceptors (Lipinski definition) is 5. The van der Waals surface area contributed by atoms with E-state index in [0.29, 0.717) is 17.3 Å². The van der Waals surface area contributed by atoms with E-state index in [1.54, 1.807) is 12.4 Å². The van der Waals surface area contributed by atoms with E-state index in [0.717, 1.165) is 11.3 Å². The molecule has 100 valence electrons. The molecule has 5 heteroatoms. The molecule has 0 saturated heterocycles. The highest BCUT2D eigenvalue weighted by atomic mass is 32.1. The highest BCUT2D eigenvalue weighted by Crippen LogP contribution is 2.28. The molecule has 19 heavy (non-hydrogen) atoms. The highest BCUT2D eigenvalue weighted by Gasteiger charge is 2.16. The minimum atomic E-state index is -0.392. The lowest BCUT2D eigenvalue weighted by molar-refractivity contribution is 0.0521. The summed E-state index contributed by atoms with van der Waals surface area (Å²) in [5, 5.41) is 3.97. The minimum absolute atomic E-state index is 0.341. The van der Waals surface area contributed by atoms with E-state index < -0.39 is 5.97 Å². The first kappa shape index (κ1) is 13.5. The fourth-order valence-corrected chi connectivity index (χ4v) is 2.37. The summed E-state index contributed by atoms with van der Waals surface area (Å²) < 4.78 is 4.98. The van der Waals surface area contributed by atoms with Crippen LogP contribution in [0.4, 0.5) is 10.7 Å². The number of rotatable bonds is 4. The Labute approximate surface area is 116 Å². The van der Waals surface area contributed by atoms with Crippen molar-refractivity contribution < 1.29 is 9.53 Å². The molecule has 0 atom stereocenters. The van der Waals surface area contributed by atoms with Crippen LogP contribution < -0.4 is 5.32 Å². The van der Waals surface area contributed by atoms with Gasteiger partial charge >= 0.3 is 5.97 Å². The molecule has 1 aromatic carbocycles. The van der Waals surface area contributed by atoms with Gasteiger partial charge in [-0.1, -0.05) is 12.1 Å². The summed E-state index contributed by atoms with van der Waals surface area (Å²) in [6, 6.07) is 6.02. The maximum atomic E-state index is 11.8. The number of esters is 1. The molecular weight excluding hydrogens is 260 g/mol. The number of ether oxygens (including phenoxy) is 1. The van der Waals surface area contributed by atoms with Crippen molar-refractivity contribution in [1.82, 2.24) is 4.98 Å². The molecule has 0 aliphatic carbocycles. The van der Waals surface area contributed by atoms with Crippen LogP contribution >= 0.6 is 11.3 Å². The number of carbonyl (C=O) groups excluding carboxylic acids is 1. The van der Waals surface area contributed by atoms with Crippen LogP contribution in [0.1, 0.15) is 28.5 Å². The predicted molar refractivity (Wildman–Crippen MR) is 77.3 cm³/mol. The Morgan fingerprint density at radius 3 is 2.95 bits per heavy atom. The summed E-state index contributed by atoms with van der Waals surface area (Å²) in [5.74, 6) is -0.392. The normalized spacial score (nSPS) is 10.3. The zero-order valence-electron chi connectivity index (χ0n) is 11.2. The average molecular weight is 276 g/mol. The van der Waals surface area contributed by atoms with Gasteiger partial charge in [-0.05, 0) is 38.0 Å². The smallest absolute Gasteiger partial charge is 0.360 e. The Balaban J connectivity index is 2.27. The summed E-state index contributed by atoms with van der Waals surface area (Å²) in [6.45, 7) is 6.23. The minimum Gasteiger partial charge on any atom is -0.461 e. The van der Waals surface area contributed by atoms with Crippen LogP contribution in [0.25, 0.3) is 0 Å². The third-order valence-corrected chi connectivity index (χ3v) is 3.63. The van der Waals surface area contributed by atoms with Gasteiger partial charge in [0, 0.05) is 5.69 Å². The summed E-state index contributed by atoms with van der Waals surface area (Å²) in [4.78, 5) is 15.8. The van der Waals surface area contributed by atoms with Crippen molar-refractivity contribution >= 4 is 28.0 Å². The van der Waals surface area contributed by atoms with Crippen molar-refractivity contribution in [2.45, 2.75) is 20.8 Å². The first-order valence-electron chi connectivity index (χ1n) is 6.07. The van der Waals surface area contributed by atoms with Crippen LogP contribution in [-0.2, 0) is 4.74 Å². The molecule has 2 rings (SSSR count). The number of aromatic nitrogens is 1. The molecule has 2 aromatic rings. The zero-order valence-corrected chi connectivity index (χ0v) is 12.0. The van der Waals surface area contributed by atoms with E-state index in [9.17, 15) is 4.79 Å². The second-order valence-electron chi connectivity index (χ2n) is 4.12. The third-order valence-electron chi connectivity index (χ3n) is 2.89. The second-order valence-corrected chi connectivity index (χ2v) is 4.98. The number of hydrogen-bond donors (Lipinski definition) is 1. The number of thiazole rings is 1. The van der Waals surface area contributed by atoms with E-state index in [1.165, 1.54) is 16.9 Å². The molecule has 0 bridgehead atoms. The number of benzene rings is 1. The molecule has 0 aliphatic rings. The Morgan fingerprint density at radius 2 is 2.21 bits per heavy atom. The maximum Gasteiger partial charge on any atom is 0.360 e. The van der Waals surface area contributed by atoms with Crippen LogP contribution in [0.15, 0.2) is 23.7 Å². The van der Waals surface area contributed by atoms with Gasteiger partial charge < -0.3 is 10.1 Å². The van der Waals surface area contributed by atoms with Crippen molar-refractivity contribution in [3.05, 3.63) is 40.5 Å². The van der Waals surface area contributed by atoms with Gasteiger partial charge in [-0.15, -0.1) is 11.3 Å². The topological polar surface area (TPSA) is 51.2 Å². The molecule has 0 unspecified atom stereocenters. The molecule has 0 fully saturated rings. The number of anilines is 2. The fourth-order valence-electron chi connectivity index (χ4n) is 1.69. The van der Waals surface area contributed by atoms with Crippen molar-refractivity contribution in [3.63, 3.8) is 0 Å². The SMILES string of the molecule is CCOC(=O)c1ncsc1Nc1cccc(C)c1C. The lowest BCUT2D eigenvalue weighted by atomic mass is 10.1. The highest BCUT2D eigenvalue weighted by molar-refractivity contribution is 7.14. The fraction of sp³-hybridized carbons (Fsp3) is 0.286. The van der Waals surface area contributed by atoms with Gasteiger partial charge in [0.1, 0.15) is 5.00 Å². The molecular formula is C14H16N2O2S. The molecule has 0 aliphatic heterocycles. The quantitative estimate of drug-likeness (QED) is 0.865. The maximum absolute atomic E-state index is 11.8. The second kappa shape index (κ2) is 5.84. The van der Waals surface area contributed by atoms with E-state index in [4.69, 9.17) is 4.74 Å². The molecule has 0 spiro atoms. The Hall–Kier alpha value is -1.88. The van der Waals surface area contributed by atoms with Crippen LogP contribution in [0.2, 0.25) is 0 Å². The van der Waals surface area contributed by atoms with Gasteiger partial charge in [-0.3, -0.25) is 0 Å². The van der Waals surface area contributed by atoms with E-state index >= 15 is 0 Å². The average Bonchev–Trinajstić information content (AvgIpc) is 2.83. The predicted octanol–water partition coefficient (Wildman–Crippen LogP) is 3.68. The van der Waals surface area contributed by atoms with Crippen LogP contribution in [0.5, 0.6) is 0 Å². The van der Waals surface area contributed by atoms with Crippen molar-refractivity contribution in [3.8, 4) is 0 Å². The summed E-state index contributed by atoms with van der Waals surface area (Å²) in [7, 11) is 0. The van der Waals surface area contributed by atoms with Gasteiger partial charge in [-0.2, -0.15) is 0 Å². The van der Waals surface area contributed by atoms with Gasteiger partial charge in [0.15, 0.2) is 5.69 Å². The van der Waals surface area contributed by atoms with Gasteiger partial charge in [0.2, 0.25) is 0 Å². The molecule has 0 radical (unpaired) electrons. The summed E-state index contributed by atoms with van der Waals surface area (Å²) in [6.07, 6.45) is 0. The molecule has 1 heterocycles. The molecule has 1 N–H and O–H groups in total. The van der Waals surface area contributed by atoms with Gasteiger partial charge in [-0.25, -0.2) is 9.78 Å². The number of nitrogens with one attached hydrogen (secondary N) is 1. The van der Waals surface area contributed by atoms with Gasteiger partial charge in [0.25, 0.3) is 0 Å². The first-order valence-corrected chi connectivity index (χ1v) is 6.95. The lowest BCUT2D eigenvalue weighted by Gasteiger charge is -2.10. The largest absolute Gasteiger partial charge is 0.461 e.